The highest BCUT2D eigenvalue weighted by Gasteiger charge is 2.25. The summed E-state index contributed by atoms with van der Waals surface area (Å²) in [6, 6.07) is 5.55. The second kappa shape index (κ2) is 7.88. The highest BCUT2D eigenvalue weighted by Crippen LogP contribution is 2.24. The Hall–Kier alpha value is -2.09. The fraction of sp³-hybridized carbons (Fsp3) is 0.526. The Labute approximate surface area is 167 Å². The lowest BCUT2D eigenvalue weighted by Crippen LogP contribution is -2.49. The zero-order valence-corrected chi connectivity index (χ0v) is 17.1. The first kappa shape index (κ1) is 18.3. The largest absolute Gasteiger partial charge is 0.444 e. The molecule has 0 unspecified atom stereocenters. The van der Waals surface area contributed by atoms with Gasteiger partial charge >= 0.3 is 0 Å². The number of aryl methyl sites for hydroxylation is 1. The Morgan fingerprint density at radius 1 is 0.963 bits per heavy atom. The number of piperidine rings is 1. The molecule has 27 heavy (non-hydrogen) atoms. The van der Waals surface area contributed by atoms with E-state index in [4.69, 9.17) is 4.42 Å². The maximum absolute atomic E-state index is 12.5. The van der Waals surface area contributed by atoms with Crippen LogP contribution in [0.5, 0.6) is 0 Å². The van der Waals surface area contributed by atoms with Crippen LogP contribution in [0.1, 0.15) is 35.6 Å². The maximum Gasteiger partial charge on any atom is 0.289 e. The van der Waals surface area contributed by atoms with Crippen LogP contribution in [0.4, 0.5) is 11.6 Å². The van der Waals surface area contributed by atoms with Crippen molar-refractivity contribution in [1.82, 2.24) is 14.9 Å². The summed E-state index contributed by atoms with van der Waals surface area (Å²) in [5.74, 6) is 3.09. The Balaban J connectivity index is 1.43. The first-order valence-corrected chi connectivity index (χ1v) is 10.3. The van der Waals surface area contributed by atoms with Crippen molar-refractivity contribution < 1.29 is 9.21 Å². The van der Waals surface area contributed by atoms with Crippen LogP contribution in [0.25, 0.3) is 0 Å². The molecule has 2 aliphatic heterocycles. The van der Waals surface area contributed by atoms with Gasteiger partial charge in [-0.3, -0.25) is 4.79 Å². The molecule has 2 fully saturated rings. The quantitative estimate of drug-likeness (QED) is 0.740. The zero-order valence-electron chi connectivity index (χ0n) is 15.5. The molecular formula is C19H24BrN5O2. The van der Waals surface area contributed by atoms with Crippen LogP contribution in [-0.4, -0.2) is 60.0 Å². The average molecular weight is 434 g/mol. The second-order valence-corrected chi connectivity index (χ2v) is 7.84. The van der Waals surface area contributed by atoms with Gasteiger partial charge in [-0.25, -0.2) is 9.97 Å². The van der Waals surface area contributed by atoms with Crippen molar-refractivity contribution >= 4 is 33.5 Å². The number of amides is 1. The summed E-state index contributed by atoms with van der Waals surface area (Å²) in [5.41, 5.74) is 0. The number of furan rings is 1. The van der Waals surface area contributed by atoms with E-state index in [-0.39, 0.29) is 5.91 Å². The molecule has 7 nitrogen and oxygen atoms in total. The minimum atomic E-state index is -0.0618. The number of carbonyl (C=O) groups is 1. The monoisotopic (exact) mass is 433 g/mol. The standard InChI is InChI=1S/C19H24BrN5O2/c1-14-21-17(23-7-3-2-4-8-23)13-18(22-14)24-9-11-25(12-10-24)19(26)15-5-6-16(20)27-15/h5-6,13H,2-4,7-12H2,1H3. The van der Waals surface area contributed by atoms with Crippen molar-refractivity contribution in [3.63, 3.8) is 0 Å². The van der Waals surface area contributed by atoms with Crippen LogP contribution in [0.15, 0.2) is 27.3 Å². The SMILES string of the molecule is Cc1nc(N2CCCCC2)cc(N2CCN(C(=O)c3ccc(Br)o3)CC2)n1. The molecule has 0 atom stereocenters. The molecular weight excluding hydrogens is 410 g/mol. The first-order valence-electron chi connectivity index (χ1n) is 9.50. The number of anilines is 2. The van der Waals surface area contributed by atoms with E-state index < -0.39 is 0 Å². The van der Waals surface area contributed by atoms with Crippen LogP contribution in [0.2, 0.25) is 0 Å². The lowest BCUT2D eigenvalue weighted by molar-refractivity contribution is 0.0713. The van der Waals surface area contributed by atoms with Crippen LogP contribution in [0, 0.1) is 6.92 Å². The van der Waals surface area contributed by atoms with Gasteiger partial charge in [-0.2, -0.15) is 0 Å². The third kappa shape index (κ3) is 4.10. The Kier molecular flexibility index (Phi) is 5.33. The molecule has 0 aromatic carbocycles. The number of piperazine rings is 1. The summed E-state index contributed by atoms with van der Waals surface area (Å²) in [6.45, 7) is 6.89. The molecule has 1 amide bonds. The van der Waals surface area contributed by atoms with Crippen molar-refractivity contribution in [2.75, 3.05) is 49.1 Å². The summed E-state index contributed by atoms with van der Waals surface area (Å²) in [4.78, 5) is 28.3. The van der Waals surface area contributed by atoms with E-state index in [0.29, 0.717) is 23.5 Å². The van der Waals surface area contributed by atoms with Gasteiger partial charge in [0.25, 0.3) is 5.91 Å². The smallest absolute Gasteiger partial charge is 0.289 e. The molecule has 0 N–H and O–H groups in total. The van der Waals surface area contributed by atoms with Gasteiger partial charge in [0.15, 0.2) is 10.4 Å². The number of nitrogens with zero attached hydrogens (tertiary/aromatic N) is 5. The average Bonchev–Trinajstić information content (AvgIpc) is 3.14. The molecule has 2 saturated heterocycles. The zero-order chi connectivity index (χ0) is 18.8. The summed E-state index contributed by atoms with van der Waals surface area (Å²) >= 11 is 3.25. The molecule has 2 aromatic rings. The molecule has 0 spiro atoms. The van der Waals surface area contributed by atoms with E-state index in [9.17, 15) is 4.79 Å². The normalized spacial score (nSPS) is 18.1. The Morgan fingerprint density at radius 2 is 1.59 bits per heavy atom. The summed E-state index contributed by atoms with van der Waals surface area (Å²) in [5, 5.41) is 0. The fourth-order valence-corrected chi connectivity index (χ4v) is 4.01. The lowest BCUT2D eigenvalue weighted by Gasteiger charge is -2.35. The molecule has 8 heteroatoms. The maximum atomic E-state index is 12.5. The second-order valence-electron chi connectivity index (χ2n) is 7.06. The van der Waals surface area contributed by atoms with Gasteiger partial charge < -0.3 is 19.1 Å². The van der Waals surface area contributed by atoms with Crippen molar-refractivity contribution in [3.8, 4) is 0 Å². The molecule has 4 heterocycles. The summed E-state index contributed by atoms with van der Waals surface area (Å²) in [6.07, 6.45) is 3.75. The number of rotatable bonds is 3. The highest BCUT2D eigenvalue weighted by molar-refractivity contribution is 9.10. The van der Waals surface area contributed by atoms with E-state index >= 15 is 0 Å². The minimum absolute atomic E-state index is 0.0618. The van der Waals surface area contributed by atoms with Gasteiger partial charge in [0.05, 0.1) is 0 Å². The van der Waals surface area contributed by atoms with Gasteiger partial charge in [0.1, 0.15) is 17.5 Å². The van der Waals surface area contributed by atoms with Gasteiger partial charge in [0, 0.05) is 45.3 Å². The van der Waals surface area contributed by atoms with Gasteiger partial charge in [0.2, 0.25) is 0 Å². The first-order chi connectivity index (χ1) is 13.1. The third-order valence-corrected chi connectivity index (χ3v) is 5.59. The number of halogens is 1. The topological polar surface area (TPSA) is 65.7 Å². The van der Waals surface area contributed by atoms with E-state index in [1.807, 2.05) is 11.8 Å². The number of hydrogen-bond donors (Lipinski definition) is 0. The van der Waals surface area contributed by atoms with Crippen LogP contribution >= 0.6 is 15.9 Å². The van der Waals surface area contributed by atoms with E-state index in [2.05, 4.69) is 41.8 Å². The lowest BCUT2D eigenvalue weighted by atomic mass is 10.1. The molecule has 0 radical (unpaired) electrons. The highest BCUT2D eigenvalue weighted by atomic mass is 79.9. The Bertz CT molecular complexity index is 810. The van der Waals surface area contributed by atoms with Gasteiger partial charge in [-0.05, 0) is 54.2 Å². The van der Waals surface area contributed by atoms with Crippen molar-refractivity contribution in [2.24, 2.45) is 0 Å². The number of hydrogen-bond acceptors (Lipinski definition) is 6. The predicted octanol–water partition coefficient (Wildman–Crippen LogP) is 3.09. The number of aromatic nitrogens is 2. The summed E-state index contributed by atoms with van der Waals surface area (Å²) < 4.78 is 5.97. The fourth-order valence-electron chi connectivity index (χ4n) is 3.71. The summed E-state index contributed by atoms with van der Waals surface area (Å²) in [7, 11) is 0. The van der Waals surface area contributed by atoms with Gasteiger partial charge in [-0.15, -0.1) is 0 Å². The van der Waals surface area contributed by atoms with E-state index in [1.165, 1.54) is 19.3 Å². The van der Waals surface area contributed by atoms with Crippen LogP contribution in [-0.2, 0) is 0 Å². The van der Waals surface area contributed by atoms with Crippen LogP contribution in [0.3, 0.4) is 0 Å². The van der Waals surface area contributed by atoms with E-state index in [0.717, 1.165) is 43.6 Å². The van der Waals surface area contributed by atoms with Crippen LogP contribution < -0.4 is 9.80 Å². The van der Waals surface area contributed by atoms with Crippen molar-refractivity contribution in [1.29, 1.82) is 0 Å². The minimum Gasteiger partial charge on any atom is -0.444 e. The van der Waals surface area contributed by atoms with E-state index in [1.54, 1.807) is 12.1 Å². The molecule has 144 valence electrons. The molecule has 0 bridgehead atoms. The van der Waals surface area contributed by atoms with Crippen molar-refractivity contribution in [2.45, 2.75) is 26.2 Å². The molecule has 2 aromatic heterocycles. The molecule has 0 aliphatic carbocycles. The predicted molar refractivity (Wildman–Crippen MR) is 107 cm³/mol. The van der Waals surface area contributed by atoms with Crippen molar-refractivity contribution in [3.05, 3.63) is 34.5 Å². The number of carbonyl (C=O) groups excluding carboxylic acids is 1. The molecule has 4 rings (SSSR count). The molecule has 0 saturated carbocycles. The Morgan fingerprint density at radius 3 is 2.19 bits per heavy atom. The van der Waals surface area contributed by atoms with Gasteiger partial charge in [-0.1, -0.05) is 0 Å². The third-order valence-electron chi connectivity index (χ3n) is 5.17. The molecule has 2 aliphatic rings.